The molecule has 144 valence electrons. The molecule has 5 nitrogen and oxygen atoms in total. The Balaban J connectivity index is 2.09. The Labute approximate surface area is 164 Å². The molecule has 0 aliphatic heterocycles. The largest absolute Gasteiger partial charge is 0.463 e. The smallest absolute Gasteiger partial charge is 0.407 e. The fraction of sp³-hybridized carbons (Fsp3) is 0.217. The molecule has 1 N–H and O–H groups in total. The van der Waals surface area contributed by atoms with Crippen molar-refractivity contribution in [2.24, 2.45) is 5.92 Å². The lowest BCUT2D eigenvalue weighted by atomic mass is 9.78. The Bertz CT molecular complexity index is 902. The van der Waals surface area contributed by atoms with Crippen LogP contribution in [0.25, 0.3) is 11.6 Å². The number of amides is 1. The van der Waals surface area contributed by atoms with Crippen molar-refractivity contribution in [1.82, 2.24) is 5.32 Å². The monoisotopic (exact) mass is 377 g/mol. The van der Waals surface area contributed by atoms with Gasteiger partial charge in [-0.05, 0) is 29.2 Å². The van der Waals surface area contributed by atoms with Gasteiger partial charge in [-0.25, -0.2) is 9.59 Å². The Morgan fingerprint density at radius 1 is 1.07 bits per heavy atom. The summed E-state index contributed by atoms with van der Waals surface area (Å²) in [5.41, 5.74) is 3.64. The first-order chi connectivity index (χ1) is 13.6. The van der Waals surface area contributed by atoms with Crippen molar-refractivity contribution in [2.75, 3.05) is 13.7 Å². The molecule has 28 heavy (non-hydrogen) atoms. The van der Waals surface area contributed by atoms with Crippen LogP contribution in [-0.2, 0) is 14.3 Å². The molecule has 0 bridgehead atoms. The average Bonchev–Trinajstić information content (AvgIpc) is 2.73. The molecular weight excluding hydrogens is 354 g/mol. The highest BCUT2D eigenvalue weighted by molar-refractivity contribution is 5.93. The zero-order valence-corrected chi connectivity index (χ0v) is 15.9. The quantitative estimate of drug-likeness (QED) is 0.621. The van der Waals surface area contributed by atoms with Crippen molar-refractivity contribution in [3.8, 4) is 0 Å². The first-order valence-electron chi connectivity index (χ1n) is 9.19. The van der Waals surface area contributed by atoms with Crippen molar-refractivity contribution in [3.05, 3.63) is 83.4 Å². The summed E-state index contributed by atoms with van der Waals surface area (Å²) in [7, 11) is 1.33. The van der Waals surface area contributed by atoms with Crippen LogP contribution >= 0.6 is 0 Å². The third-order valence-electron chi connectivity index (χ3n) is 4.66. The summed E-state index contributed by atoms with van der Waals surface area (Å²) in [6.45, 7) is 2.07. The molecule has 0 saturated carbocycles. The van der Waals surface area contributed by atoms with Crippen LogP contribution in [0, 0.1) is 5.92 Å². The van der Waals surface area contributed by atoms with Gasteiger partial charge in [-0.1, -0.05) is 66.7 Å². The van der Waals surface area contributed by atoms with Crippen LogP contribution in [0.5, 0.6) is 0 Å². The summed E-state index contributed by atoms with van der Waals surface area (Å²) in [5, 5.41) is 2.92. The molecule has 2 atom stereocenters. The number of hydrogen-bond acceptors (Lipinski definition) is 4. The van der Waals surface area contributed by atoms with Crippen LogP contribution in [0.3, 0.4) is 0 Å². The maximum Gasteiger partial charge on any atom is 0.407 e. The molecule has 2 aromatic rings. The van der Waals surface area contributed by atoms with E-state index in [9.17, 15) is 9.59 Å². The maximum atomic E-state index is 12.3. The second-order valence-corrected chi connectivity index (χ2v) is 6.35. The summed E-state index contributed by atoms with van der Waals surface area (Å²) < 4.78 is 9.98. The summed E-state index contributed by atoms with van der Waals surface area (Å²) >= 11 is 0. The van der Waals surface area contributed by atoms with Crippen LogP contribution < -0.4 is 5.32 Å². The highest BCUT2D eigenvalue weighted by Gasteiger charge is 2.31. The second kappa shape index (κ2) is 9.04. The summed E-state index contributed by atoms with van der Waals surface area (Å²) in [5.74, 6) is -0.675. The van der Waals surface area contributed by atoms with E-state index in [2.05, 4.69) is 5.32 Å². The molecule has 0 saturated heterocycles. The van der Waals surface area contributed by atoms with Crippen molar-refractivity contribution < 1.29 is 19.1 Å². The van der Waals surface area contributed by atoms with E-state index in [-0.39, 0.29) is 12.0 Å². The molecule has 0 radical (unpaired) electrons. The molecule has 2 aromatic carbocycles. The van der Waals surface area contributed by atoms with E-state index < -0.39 is 12.1 Å². The third-order valence-corrected chi connectivity index (χ3v) is 4.66. The molecule has 0 aromatic heterocycles. The van der Waals surface area contributed by atoms with Gasteiger partial charge in [0.25, 0.3) is 0 Å². The minimum absolute atomic E-state index is 0.263. The van der Waals surface area contributed by atoms with Crippen molar-refractivity contribution in [1.29, 1.82) is 0 Å². The van der Waals surface area contributed by atoms with E-state index in [1.165, 1.54) is 13.2 Å². The van der Waals surface area contributed by atoms with Gasteiger partial charge in [-0.15, -0.1) is 0 Å². The van der Waals surface area contributed by atoms with Gasteiger partial charge >= 0.3 is 12.1 Å². The maximum absolute atomic E-state index is 12.3. The number of alkyl carbamates (subject to hydrolysis) is 1. The standard InChI is InChI=1S/C23H23NO4/c1-3-28-21(25)15-20(16-9-5-4-6-10-16)19-14-13-17-11-7-8-12-18(17)22(19)24-23(26)27-2/h4-15,19,22H,3H2,1-2H3,(H,24,26)/b20-15+/t19-,22-/m0/s1. The third kappa shape index (κ3) is 4.31. The molecular formula is C23H23NO4. The number of methoxy groups -OCH3 is 1. The lowest BCUT2D eigenvalue weighted by Gasteiger charge is -2.32. The lowest BCUT2D eigenvalue weighted by molar-refractivity contribution is -0.137. The normalized spacial score (nSPS) is 18.1. The number of hydrogen-bond donors (Lipinski definition) is 1. The number of nitrogens with one attached hydrogen (secondary N) is 1. The number of ether oxygens (including phenoxy) is 2. The van der Waals surface area contributed by atoms with Gasteiger partial charge in [0.05, 0.1) is 19.8 Å². The Morgan fingerprint density at radius 2 is 1.79 bits per heavy atom. The molecule has 1 aliphatic rings. The molecule has 1 aliphatic carbocycles. The summed E-state index contributed by atoms with van der Waals surface area (Å²) in [4.78, 5) is 24.3. The number of esters is 1. The fourth-order valence-corrected chi connectivity index (χ4v) is 3.41. The molecule has 0 heterocycles. The van der Waals surface area contributed by atoms with E-state index in [0.717, 1.165) is 22.3 Å². The number of benzene rings is 2. The minimum Gasteiger partial charge on any atom is -0.463 e. The first-order valence-corrected chi connectivity index (χ1v) is 9.19. The van der Waals surface area contributed by atoms with Crippen molar-refractivity contribution in [3.63, 3.8) is 0 Å². The van der Waals surface area contributed by atoms with Crippen LogP contribution in [0.4, 0.5) is 4.79 Å². The number of rotatable bonds is 5. The van der Waals surface area contributed by atoms with E-state index in [1.807, 2.05) is 66.7 Å². The van der Waals surface area contributed by atoms with Gasteiger partial charge in [0.15, 0.2) is 0 Å². The van der Waals surface area contributed by atoms with E-state index in [1.54, 1.807) is 6.92 Å². The second-order valence-electron chi connectivity index (χ2n) is 6.35. The van der Waals surface area contributed by atoms with Crippen LogP contribution in [0.1, 0.15) is 29.7 Å². The zero-order valence-electron chi connectivity index (χ0n) is 15.9. The van der Waals surface area contributed by atoms with E-state index in [4.69, 9.17) is 9.47 Å². The van der Waals surface area contributed by atoms with Crippen molar-refractivity contribution >= 4 is 23.7 Å². The van der Waals surface area contributed by atoms with Crippen molar-refractivity contribution in [2.45, 2.75) is 13.0 Å². The Morgan fingerprint density at radius 3 is 2.50 bits per heavy atom. The number of carbonyl (C=O) groups is 2. The topological polar surface area (TPSA) is 64.6 Å². The first kappa shape index (κ1) is 19.4. The average molecular weight is 377 g/mol. The molecule has 5 heteroatoms. The molecule has 3 rings (SSSR count). The number of carbonyl (C=O) groups excluding carboxylic acids is 2. The zero-order chi connectivity index (χ0) is 19.9. The molecule has 0 unspecified atom stereocenters. The molecule has 1 amide bonds. The van der Waals surface area contributed by atoms with E-state index >= 15 is 0 Å². The lowest BCUT2D eigenvalue weighted by Crippen LogP contribution is -2.35. The minimum atomic E-state index is -0.524. The SMILES string of the molecule is CCOC(=O)/C=C(\c1ccccc1)[C@@H]1C=Cc2ccccc2[C@@H]1NC(=O)OC. The summed E-state index contributed by atoms with van der Waals surface area (Å²) in [6.07, 6.45) is 5.00. The van der Waals surface area contributed by atoms with Gasteiger partial charge in [0.2, 0.25) is 0 Å². The number of fused-ring (bicyclic) bond motifs is 1. The predicted octanol–water partition coefficient (Wildman–Crippen LogP) is 4.37. The van der Waals surface area contributed by atoms with Gasteiger partial charge in [0.1, 0.15) is 0 Å². The Kier molecular flexibility index (Phi) is 6.27. The molecule has 0 spiro atoms. The summed E-state index contributed by atoms with van der Waals surface area (Å²) in [6, 6.07) is 17.1. The van der Waals surface area contributed by atoms with Gasteiger partial charge < -0.3 is 14.8 Å². The van der Waals surface area contributed by atoms with E-state index in [0.29, 0.717) is 6.61 Å². The van der Waals surface area contributed by atoms with Crippen LogP contribution in [0.15, 0.2) is 66.7 Å². The van der Waals surface area contributed by atoms with Gasteiger partial charge in [0, 0.05) is 12.0 Å². The highest BCUT2D eigenvalue weighted by atomic mass is 16.5. The molecule has 0 fully saturated rings. The van der Waals surface area contributed by atoms with Gasteiger partial charge in [-0.3, -0.25) is 0 Å². The fourth-order valence-electron chi connectivity index (χ4n) is 3.41. The van der Waals surface area contributed by atoms with Crippen LogP contribution in [-0.4, -0.2) is 25.8 Å². The van der Waals surface area contributed by atoms with Crippen LogP contribution in [0.2, 0.25) is 0 Å². The van der Waals surface area contributed by atoms with Gasteiger partial charge in [-0.2, -0.15) is 0 Å². The Hall–Kier alpha value is -3.34. The predicted molar refractivity (Wildman–Crippen MR) is 108 cm³/mol. The highest BCUT2D eigenvalue weighted by Crippen LogP contribution is 2.40.